The van der Waals surface area contributed by atoms with Crippen LogP contribution in [0.25, 0.3) is 0 Å². The van der Waals surface area contributed by atoms with Crippen molar-refractivity contribution in [2.45, 2.75) is 252 Å². The van der Waals surface area contributed by atoms with E-state index in [2.05, 4.69) is 148 Å². The predicted octanol–water partition coefficient (Wildman–Crippen LogP) is 15.2. The van der Waals surface area contributed by atoms with Gasteiger partial charge in [0.25, 0.3) is 23.6 Å². The van der Waals surface area contributed by atoms with E-state index >= 15 is 0 Å². The molecule has 0 bridgehead atoms. The second-order valence-electron chi connectivity index (χ2n) is 35.4. The molecule has 4 aliphatic heterocycles. The highest BCUT2D eigenvalue weighted by Gasteiger charge is 2.72. The van der Waals surface area contributed by atoms with Gasteiger partial charge < -0.3 is 59.6 Å². The van der Waals surface area contributed by atoms with Crippen LogP contribution in [0.3, 0.4) is 0 Å². The molecule has 3 saturated heterocycles. The van der Waals surface area contributed by atoms with Crippen LogP contribution in [0.2, 0.25) is 0 Å². The minimum atomic E-state index is -1.01. The minimum absolute atomic E-state index is 0.0118. The molecule has 7 N–H and O–H groups in total. The molecule has 7 fully saturated rings. The van der Waals surface area contributed by atoms with E-state index in [0.717, 1.165) is 186 Å². The van der Waals surface area contributed by atoms with Crippen molar-refractivity contribution >= 4 is 139 Å². The highest BCUT2D eigenvalue weighted by atomic mass is 79.9. The number of ether oxygens (including phenoxy) is 8. The number of halogens is 5. The summed E-state index contributed by atoms with van der Waals surface area (Å²) >= 11 is 23.2. The molecule has 8 atom stereocenters. The largest absolute Gasteiger partial charge is 0.384 e. The van der Waals surface area contributed by atoms with Crippen molar-refractivity contribution in [3.8, 4) is 0 Å². The molecule has 12 aliphatic rings. The van der Waals surface area contributed by atoms with Crippen LogP contribution in [0, 0.1) is 21.7 Å². The molecular formula is C88H120Br5N9O16S. The fourth-order valence-corrected chi connectivity index (χ4v) is 23.8. The normalized spacial score (nSPS) is 31.4. The van der Waals surface area contributed by atoms with Crippen molar-refractivity contribution in [2.75, 3.05) is 83.3 Å². The Balaban J connectivity index is 0.000000148. The van der Waals surface area contributed by atoms with Gasteiger partial charge in [0.2, 0.25) is 0 Å². The number of fused-ring (bicyclic) bond motifs is 12. The molecule has 4 aromatic rings. The van der Waals surface area contributed by atoms with Gasteiger partial charge in [0.15, 0.2) is 33.2 Å². The Hall–Kier alpha value is -4.94. The molecule has 16 rings (SSSR count). The molecule has 8 unspecified atom stereocenters. The van der Waals surface area contributed by atoms with E-state index < -0.39 is 33.8 Å². The van der Waals surface area contributed by atoms with Crippen LogP contribution in [0.4, 0.5) is 9.59 Å². The number of urea groups is 2. The lowest BCUT2D eigenvalue weighted by Crippen LogP contribution is -2.57. The smallest absolute Gasteiger partial charge is 0.325 e. The molecule has 4 aromatic carbocycles. The second kappa shape index (κ2) is 38.5. The summed E-state index contributed by atoms with van der Waals surface area (Å²) in [5.74, 6) is -0.00219. The number of nitrogens with two attached hydrogens (primary N) is 1. The van der Waals surface area contributed by atoms with Gasteiger partial charge >= 0.3 is 12.1 Å². The lowest BCUT2D eigenvalue weighted by molar-refractivity contribution is -0.306. The molecule has 4 saturated carbocycles. The van der Waals surface area contributed by atoms with Gasteiger partial charge in [0, 0.05) is 101 Å². The van der Waals surface area contributed by atoms with Crippen LogP contribution in [0.1, 0.15) is 196 Å². The average Bonchev–Trinajstić information content (AvgIpc) is 1.55. The Bertz CT molecular complexity index is 4260. The first-order valence-corrected chi connectivity index (χ1v) is 45.8. The molecule has 0 radical (unpaired) electrons. The highest BCUT2D eigenvalue weighted by Crippen LogP contribution is 2.66. The number of benzene rings is 4. The summed E-state index contributed by atoms with van der Waals surface area (Å²) in [6.07, 6.45) is 18.8. The minimum Gasteiger partial charge on any atom is -0.384 e. The van der Waals surface area contributed by atoms with Crippen LogP contribution in [-0.4, -0.2) is 203 Å². The van der Waals surface area contributed by atoms with Gasteiger partial charge in [-0.2, -0.15) is 0 Å². The maximum atomic E-state index is 14.0. The number of carbonyl (C=O) groups is 6. The topological polar surface area (TPSA) is 302 Å². The first-order valence-electron chi connectivity index (χ1n) is 41.3. The summed E-state index contributed by atoms with van der Waals surface area (Å²) < 4.78 is 46.6. The van der Waals surface area contributed by atoms with E-state index in [-0.39, 0.29) is 93.9 Å². The summed E-state index contributed by atoms with van der Waals surface area (Å²) in [4.78, 5) is 93.9. The van der Waals surface area contributed by atoms with Gasteiger partial charge in [-0.3, -0.25) is 44.5 Å². The van der Waals surface area contributed by atoms with Gasteiger partial charge in [-0.1, -0.05) is 111 Å². The third kappa shape index (κ3) is 17.5. The maximum Gasteiger partial charge on any atom is 0.325 e. The zero-order chi connectivity index (χ0) is 86.8. The van der Waals surface area contributed by atoms with Crippen LogP contribution in [-0.2, 0) is 110 Å². The van der Waals surface area contributed by atoms with Crippen molar-refractivity contribution in [2.24, 2.45) is 32.4 Å². The Kier molecular flexibility index (Phi) is 30.6. The number of amides is 8. The Labute approximate surface area is 748 Å². The van der Waals surface area contributed by atoms with Gasteiger partial charge in [0.05, 0.1) is 74.6 Å². The van der Waals surface area contributed by atoms with Crippen LogP contribution >= 0.6 is 91.9 Å². The average molecular weight is 1990 g/mol. The Morgan fingerprint density at radius 2 is 0.790 bits per heavy atom. The number of thiocarbonyl (C=S) groups is 1. The number of nitrogens with one attached hydrogen (secondary N) is 4. The third-order valence-electron chi connectivity index (χ3n) is 27.3. The van der Waals surface area contributed by atoms with E-state index in [1.807, 2.05) is 58.0 Å². The number of guanidine groups is 1. The molecule has 654 valence electrons. The molecule has 119 heavy (non-hydrogen) atoms. The van der Waals surface area contributed by atoms with E-state index in [9.17, 15) is 28.8 Å². The molecular weight excluding hydrogens is 1870 g/mol. The van der Waals surface area contributed by atoms with Crippen molar-refractivity contribution in [3.63, 3.8) is 0 Å². The Morgan fingerprint density at radius 1 is 0.471 bits per heavy atom. The fourth-order valence-electron chi connectivity index (χ4n) is 21.7. The molecule has 8 amide bonds. The summed E-state index contributed by atoms with van der Waals surface area (Å²) in [5, 5.41) is 20.6. The molecule has 25 nitrogen and oxygen atoms in total. The van der Waals surface area contributed by atoms with Crippen molar-refractivity contribution in [3.05, 3.63) is 135 Å². The van der Waals surface area contributed by atoms with Crippen molar-refractivity contribution < 1.29 is 76.8 Å². The number of rotatable bonds is 15. The quantitative estimate of drug-likeness (QED) is 0.0212. The monoisotopic (exact) mass is 1990 g/mol. The van der Waals surface area contributed by atoms with Crippen LogP contribution in [0.5, 0.6) is 0 Å². The van der Waals surface area contributed by atoms with Crippen LogP contribution in [0.15, 0.2) is 95.7 Å². The molecule has 0 aromatic heterocycles. The van der Waals surface area contributed by atoms with Crippen LogP contribution < -0.4 is 27.0 Å². The number of alkyl halides is 1. The summed E-state index contributed by atoms with van der Waals surface area (Å²) in [5.41, 5.74) is 9.90. The number of methoxy groups -OCH3 is 8. The number of aliphatic imine (C=N–C) groups is 1. The standard InChI is InChI=1S/C21H28BrN3O3.C21H27BrN2O4.C21H27BrN2O3S.C17H19BrN2O3.C4H9BrO.C4H10O2/c1-13(12-27-2)25-18(26)21(24-19(25)23)17-10-15(22)5-4-14(17)11-20(21)8-6-16(28-3)7-9-20;1-13(12-27-2)24-18(25)21(23-19(24)26)17-10-15(22)5-4-14(17)11-20(21)8-6-16(28-3)7-9-20;1-13(12-26-2)24-18(25)21(23-19(24)28)17-10-15(22)5-4-14(17)11-20(21)8-6-16(27-3)7-9-20;1-23-12-4-6-16(7-5-12)9-10-2-3-11(18)8-13(10)17(16)14(21)19-15(22)20-17;1-4(5)3-6-2;1-4(2,3)6-5/h4-5,10,13,16H,6-9,11-12H2,1-3H3,(H2,23,24);4-5,10,13,16H,6-9,11-12H2,1-3H3,(H,23,26);4-5,10,13,16H,6-9,11-12H2,1-3H3,(H,23,28);2-3,8,12H,4-7,9H2,1H3,(H2,19,20,21,22);4H,3H2,1-2H3;5H,1-3H3. The lowest BCUT2D eigenvalue weighted by Gasteiger charge is -2.46. The lowest BCUT2D eigenvalue weighted by atomic mass is 9.61. The number of hydrogen-bond acceptors (Lipinski definition) is 19. The van der Waals surface area contributed by atoms with Gasteiger partial charge in [-0.25, -0.2) is 19.5 Å². The molecule has 8 spiro atoms. The number of hydrogen-bond donors (Lipinski definition) is 6. The first-order chi connectivity index (χ1) is 56.5. The number of imide groups is 2. The summed E-state index contributed by atoms with van der Waals surface area (Å²) in [6.45, 7) is 15.1. The van der Waals surface area contributed by atoms with E-state index in [4.69, 9.17) is 66.1 Å². The number of carbonyl (C=O) groups excluding carboxylic acids is 6. The van der Waals surface area contributed by atoms with Gasteiger partial charge in [0.1, 0.15) is 0 Å². The molecule has 4 heterocycles. The SMILES string of the molecule is CC(C)(C)OO.COC1CCC2(CC1)Cc1ccc(Br)cc1C21NC(=O)NC1=O.COCC(C)Br.COCC(C)N1C(=O)C2(N=C1N)c1cc(Br)ccc1CC21CCC(OC)CC1.COCC(C)N1C(=O)C2(NC1=S)c1cc(Br)ccc1CC21CCC(OC)CC1.COCC(C)N1C(=O)NC2(C1=O)c1cc(Br)ccc1CC21CCC(OC)CC1. The number of nitrogens with zero attached hydrogens (tertiary/aromatic N) is 4. The van der Waals surface area contributed by atoms with Gasteiger partial charge in [-0.15, -0.1) is 0 Å². The summed E-state index contributed by atoms with van der Waals surface area (Å²) in [6, 6.07) is 23.4. The van der Waals surface area contributed by atoms with Crippen molar-refractivity contribution in [1.82, 2.24) is 36.0 Å². The fraction of sp³-hybridized carbons (Fsp3) is 0.636. The van der Waals surface area contributed by atoms with E-state index in [0.29, 0.717) is 35.7 Å². The molecule has 31 heteroatoms. The zero-order valence-corrected chi connectivity index (χ0v) is 80.0. The highest BCUT2D eigenvalue weighted by molar-refractivity contribution is 9.11. The predicted molar refractivity (Wildman–Crippen MR) is 476 cm³/mol. The summed E-state index contributed by atoms with van der Waals surface area (Å²) in [7, 11) is 13.6. The van der Waals surface area contributed by atoms with Crippen molar-refractivity contribution in [1.29, 1.82) is 0 Å². The maximum absolute atomic E-state index is 14.0. The second-order valence-corrected chi connectivity index (χ2v) is 41.0. The third-order valence-corrected chi connectivity index (χ3v) is 29.8. The molecule has 8 aliphatic carbocycles. The van der Waals surface area contributed by atoms with E-state index in [1.54, 1.807) is 87.4 Å². The van der Waals surface area contributed by atoms with E-state index in [1.165, 1.54) is 16.0 Å². The van der Waals surface area contributed by atoms with Gasteiger partial charge in [-0.05, 0) is 275 Å². The first kappa shape index (κ1) is 94.7. The zero-order valence-electron chi connectivity index (χ0n) is 71.3. The Morgan fingerprint density at radius 3 is 1.13 bits per heavy atom.